The van der Waals surface area contributed by atoms with Crippen LogP contribution in [-0.2, 0) is 4.74 Å². The maximum absolute atomic E-state index is 11.7. The summed E-state index contributed by atoms with van der Waals surface area (Å²) in [6.07, 6.45) is -4.42. The highest BCUT2D eigenvalue weighted by Gasteiger charge is 2.47. The van der Waals surface area contributed by atoms with E-state index in [4.69, 9.17) is 14.9 Å². The average molecular weight is 262 g/mol. The van der Waals surface area contributed by atoms with Crippen molar-refractivity contribution in [1.82, 2.24) is 10.2 Å². The second kappa shape index (κ2) is 5.37. The summed E-state index contributed by atoms with van der Waals surface area (Å²) in [4.78, 5) is 12.9. The van der Waals surface area contributed by atoms with E-state index < -0.39 is 37.2 Å². The van der Waals surface area contributed by atoms with Gasteiger partial charge in [-0.2, -0.15) is 0 Å². The van der Waals surface area contributed by atoms with Crippen molar-refractivity contribution in [2.24, 2.45) is 5.92 Å². The number of urea groups is 1. The highest BCUT2D eigenvalue weighted by Crippen LogP contribution is 2.25. The van der Waals surface area contributed by atoms with Gasteiger partial charge in [0.05, 0.1) is 6.61 Å². The fraction of sp³-hybridized carbons (Fsp3) is 0.900. The van der Waals surface area contributed by atoms with Gasteiger partial charge in [0.15, 0.2) is 6.23 Å². The summed E-state index contributed by atoms with van der Waals surface area (Å²) in [7, 11) is 0. The van der Waals surface area contributed by atoms with Crippen LogP contribution < -0.4 is 5.32 Å². The summed E-state index contributed by atoms with van der Waals surface area (Å²) >= 11 is 0. The van der Waals surface area contributed by atoms with E-state index in [2.05, 4.69) is 5.32 Å². The van der Waals surface area contributed by atoms with Gasteiger partial charge in [-0.15, -0.1) is 0 Å². The summed E-state index contributed by atoms with van der Waals surface area (Å²) < 4.78 is 5.27. The first-order valence-corrected chi connectivity index (χ1v) is 5.86. The van der Waals surface area contributed by atoms with Crippen LogP contribution in [0.2, 0.25) is 0 Å². The molecule has 2 saturated heterocycles. The molecule has 8 heteroatoms. The molecule has 2 rings (SSSR count). The lowest BCUT2D eigenvalue weighted by Crippen LogP contribution is -2.58. The minimum Gasteiger partial charge on any atom is -0.396 e. The average Bonchev–Trinajstić information content (AvgIpc) is 2.67. The number of hydrogen-bond acceptors (Lipinski definition) is 6. The molecule has 5 atom stereocenters. The van der Waals surface area contributed by atoms with Gasteiger partial charge in [-0.3, -0.25) is 4.90 Å². The Hall–Kier alpha value is -0.930. The molecule has 104 valence electrons. The van der Waals surface area contributed by atoms with Gasteiger partial charge in [-0.25, -0.2) is 4.79 Å². The van der Waals surface area contributed by atoms with Crippen molar-refractivity contribution < 1.29 is 30.0 Å². The van der Waals surface area contributed by atoms with Crippen molar-refractivity contribution in [1.29, 1.82) is 0 Å². The number of carbonyl (C=O) groups is 1. The molecule has 5 N–H and O–H groups in total. The van der Waals surface area contributed by atoms with Crippen LogP contribution in [0.25, 0.3) is 0 Å². The maximum Gasteiger partial charge on any atom is 0.319 e. The Labute approximate surface area is 104 Å². The molecule has 0 saturated carbocycles. The SMILES string of the molecule is O=C1NCC(CO)CN1[C@@H]1O[C@H](CO)[C@@H](O)[C@H]1O. The van der Waals surface area contributed by atoms with Crippen molar-refractivity contribution >= 4 is 6.03 Å². The largest absolute Gasteiger partial charge is 0.396 e. The van der Waals surface area contributed by atoms with Gasteiger partial charge in [0.1, 0.15) is 18.3 Å². The van der Waals surface area contributed by atoms with E-state index in [9.17, 15) is 15.0 Å². The molecule has 0 bridgehead atoms. The molecule has 0 aliphatic carbocycles. The highest BCUT2D eigenvalue weighted by molar-refractivity contribution is 5.75. The van der Waals surface area contributed by atoms with Gasteiger partial charge >= 0.3 is 6.03 Å². The molecule has 0 aromatic heterocycles. The van der Waals surface area contributed by atoms with Crippen molar-refractivity contribution in [3.05, 3.63) is 0 Å². The minimum atomic E-state index is -1.27. The van der Waals surface area contributed by atoms with Crippen LogP contribution in [0.5, 0.6) is 0 Å². The molecule has 0 spiro atoms. The summed E-state index contributed by atoms with van der Waals surface area (Å²) in [5, 5.41) is 40.1. The van der Waals surface area contributed by atoms with Gasteiger partial charge in [-0.1, -0.05) is 0 Å². The van der Waals surface area contributed by atoms with Crippen molar-refractivity contribution in [2.75, 3.05) is 26.3 Å². The maximum atomic E-state index is 11.7. The van der Waals surface area contributed by atoms with Gasteiger partial charge in [-0.05, 0) is 0 Å². The second-order valence-electron chi connectivity index (χ2n) is 4.62. The highest BCUT2D eigenvalue weighted by atomic mass is 16.6. The molecule has 2 aliphatic rings. The van der Waals surface area contributed by atoms with Crippen LogP contribution in [-0.4, -0.2) is 82.2 Å². The number of rotatable bonds is 3. The number of nitrogens with zero attached hydrogens (tertiary/aromatic N) is 1. The lowest BCUT2D eigenvalue weighted by molar-refractivity contribution is -0.0882. The summed E-state index contributed by atoms with van der Waals surface area (Å²) in [5.74, 6) is -0.149. The first-order chi connectivity index (χ1) is 8.58. The normalized spacial score (nSPS) is 41.0. The van der Waals surface area contributed by atoms with E-state index in [1.807, 2.05) is 0 Å². The van der Waals surface area contributed by atoms with Gasteiger partial charge in [0, 0.05) is 25.6 Å². The fourth-order valence-electron chi connectivity index (χ4n) is 2.24. The van der Waals surface area contributed by atoms with Crippen LogP contribution in [0.15, 0.2) is 0 Å². The zero-order valence-corrected chi connectivity index (χ0v) is 9.77. The third kappa shape index (κ3) is 2.29. The smallest absolute Gasteiger partial charge is 0.319 e. The third-order valence-corrected chi connectivity index (χ3v) is 3.34. The van der Waals surface area contributed by atoms with Gasteiger partial charge < -0.3 is 30.5 Å². The number of nitrogens with one attached hydrogen (secondary N) is 1. The van der Waals surface area contributed by atoms with E-state index in [1.54, 1.807) is 0 Å². The zero-order chi connectivity index (χ0) is 13.3. The van der Waals surface area contributed by atoms with Crippen LogP contribution >= 0.6 is 0 Å². The molecule has 2 fully saturated rings. The van der Waals surface area contributed by atoms with E-state index in [-0.39, 0.29) is 19.1 Å². The standard InChI is InChI=1S/C10H18N2O6/c13-3-5-1-11-10(17)12(2-5)9-8(16)7(15)6(4-14)18-9/h5-9,13-16H,1-4H2,(H,11,17)/t5?,6-,7-,8-,9-/m1/s1. The number of aliphatic hydroxyl groups excluding tert-OH is 4. The molecule has 2 amide bonds. The Bertz CT molecular complexity index is 315. The van der Waals surface area contributed by atoms with Gasteiger partial charge in [0.25, 0.3) is 0 Å². The lowest BCUT2D eigenvalue weighted by Gasteiger charge is -2.37. The third-order valence-electron chi connectivity index (χ3n) is 3.34. The number of ether oxygens (including phenoxy) is 1. The van der Waals surface area contributed by atoms with Crippen LogP contribution in [0, 0.1) is 5.92 Å². The Morgan fingerprint density at radius 3 is 2.56 bits per heavy atom. The van der Waals surface area contributed by atoms with E-state index in [0.29, 0.717) is 6.54 Å². The molecular weight excluding hydrogens is 244 g/mol. The van der Waals surface area contributed by atoms with Crippen LogP contribution in [0.4, 0.5) is 4.79 Å². The molecule has 0 aromatic carbocycles. The molecule has 2 aliphatic heterocycles. The number of amides is 2. The predicted molar refractivity (Wildman–Crippen MR) is 58.4 cm³/mol. The number of carbonyl (C=O) groups excluding carboxylic acids is 1. The topological polar surface area (TPSA) is 122 Å². The molecule has 18 heavy (non-hydrogen) atoms. The van der Waals surface area contributed by atoms with E-state index >= 15 is 0 Å². The van der Waals surface area contributed by atoms with Crippen LogP contribution in [0.1, 0.15) is 0 Å². The number of aliphatic hydroxyl groups is 4. The quantitative estimate of drug-likeness (QED) is 0.371. The summed E-state index contributed by atoms with van der Waals surface area (Å²) in [6, 6.07) is -0.422. The van der Waals surface area contributed by atoms with E-state index in [0.717, 1.165) is 0 Å². The molecule has 1 unspecified atom stereocenters. The summed E-state index contributed by atoms with van der Waals surface area (Å²) in [5.41, 5.74) is 0. The monoisotopic (exact) mass is 262 g/mol. The van der Waals surface area contributed by atoms with Crippen molar-refractivity contribution in [3.63, 3.8) is 0 Å². The summed E-state index contributed by atoms with van der Waals surface area (Å²) in [6.45, 7) is 0.0642. The van der Waals surface area contributed by atoms with Gasteiger partial charge in [0.2, 0.25) is 0 Å². The molecular formula is C10H18N2O6. The number of hydrogen-bond donors (Lipinski definition) is 5. The molecule has 2 heterocycles. The molecule has 0 aromatic rings. The fourth-order valence-corrected chi connectivity index (χ4v) is 2.24. The van der Waals surface area contributed by atoms with Crippen LogP contribution in [0.3, 0.4) is 0 Å². The first kappa shape index (κ1) is 13.5. The predicted octanol–water partition coefficient (Wildman–Crippen LogP) is -2.94. The Morgan fingerprint density at radius 2 is 2.00 bits per heavy atom. The van der Waals surface area contributed by atoms with E-state index in [1.165, 1.54) is 4.90 Å². The molecule has 0 radical (unpaired) electrons. The molecule has 8 nitrogen and oxygen atoms in total. The first-order valence-electron chi connectivity index (χ1n) is 5.86. The Balaban J connectivity index is 2.08. The lowest BCUT2D eigenvalue weighted by atomic mass is 10.1. The zero-order valence-electron chi connectivity index (χ0n) is 9.77. The minimum absolute atomic E-state index is 0.0917. The van der Waals surface area contributed by atoms with Crippen molar-refractivity contribution in [2.45, 2.75) is 24.5 Å². The Kier molecular flexibility index (Phi) is 4.03. The van der Waals surface area contributed by atoms with Crippen molar-refractivity contribution in [3.8, 4) is 0 Å². The second-order valence-corrected chi connectivity index (χ2v) is 4.62. The Morgan fingerprint density at radius 1 is 1.28 bits per heavy atom.